The van der Waals surface area contributed by atoms with Crippen LogP contribution in [0.5, 0.6) is 0 Å². The number of rotatable bonds is 8. The number of nitrogens with zero attached hydrogens (tertiary/aromatic N) is 4. The highest BCUT2D eigenvalue weighted by molar-refractivity contribution is 6.01. The quantitative estimate of drug-likeness (QED) is 0.571. The Morgan fingerprint density at radius 1 is 1.24 bits per heavy atom. The molecule has 196 valence electrons. The van der Waals surface area contributed by atoms with Crippen LogP contribution in [0.25, 0.3) is 11.3 Å². The SMILES string of the molecule is C=CC1=C(C)C(=O)N([C@H](C(=O)N2C[C@H](O)C[C@H]2C(=O)NCc2ccc(-c3ccnn3C)cc2)C(C)C)C1. The van der Waals surface area contributed by atoms with Gasteiger partial charge in [-0.25, -0.2) is 0 Å². The van der Waals surface area contributed by atoms with E-state index in [1.165, 1.54) is 4.90 Å². The van der Waals surface area contributed by atoms with E-state index in [1.807, 2.05) is 51.2 Å². The smallest absolute Gasteiger partial charge is 0.250 e. The van der Waals surface area contributed by atoms with Crippen molar-refractivity contribution in [2.45, 2.75) is 51.9 Å². The number of carbonyl (C=O) groups excluding carboxylic acids is 3. The third-order valence-corrected chi connectivity index (χ3v) is 7.27. The summed E-state index contributed by atoms with van der Waals surface area (Å²) in [6.45, 7) is 9.94. The van der Waals surface area contributed by atoms with Gasteiger partial charge in [-0.1, -0.05) is 50.8 Å². The van der Waals surface area contributed by atoms with Gasteiger partial charge in [-0.15, -0.1) is 0 Å². The summed E-state index contributed by atoms with van der Waals surface area (Å²) in [6.07, 6.45) is 2.74. The van der Waals surface area contributed by atoms with E-state index >= 15 is 0 Å². The van der Waals surface area contributed by atoms with Crippen molar-refractivity contribution in [3.63, 3.8) is 0 Å². The summed E-state index contributed by atoms with van der Waals surface area (Å²) in [6, 6.07) is 8.22. The van der Waals surface area contributed by atoms with Gasteiger partial charge in [0.25, 0.3) is 5.91 Å². The Labute approximate surface area is 217 Å². The van der Waals surface area contributed by atoms with Gasteiger partial charge in [0.2, 0.25) is 11.8 Å². The topological polar surface area (TPSA) is 108 Å². The Bertz CT molecular complexity index is 1230. The van der Waals surface area contributed by atoms with Crippen molar-refractivity contribution in [3.05, 3.63) is 65.9 Å². The first-order chi connectivity index (χ1) is 17.6. The fourth-order valence-corrected chi connectivity index (χ4v) is 5.18. The standard InChI is InChI=1S/C28H35N5O4/c1-6-20-15-33(27(36)18(20)4)25(17(2)3)28(37)32-16-22(34)13-24(32)26(35)29-14-19-7-9-21(10-8-19)23-11-12-30-31(23)5/h6-12,17,22,24-25,34H,1,13-16H2,2-5H3,(H,29,35)/t22-,24+,25+/m1/s1. The zero-order chi connectivity index (χ0) is 26.9. The minimum atomic E-state index is -0.803. The van der Waals surface area contributed by atoms with Crippen LogP contribution in [0.4, 0.5) is 0 Å². The van der Waals surface area contributed by atoms with E-state index in [2.05, 4.69) is 17.0 Å². The minimum absolute atomic E-state index is 0.0578. The highest BCUT2D eigenvalue weighted by Gasteiger charge is 2.45. The molecule has 0 unspecified atom stereocenters. The minimum Gasteiger partial charge on any atom is -0.391 e. The molecule has 9 heteroatoms. The van der Waals surface area contributed by atoms with E-state index in [9.17, 15) is 19.5 Å². The molecule has 1 aromatic heterocycles. The first kappa shape index (κ1) is 26.3. The van der Waals surface area contributed by atoms with Crippen LogP contribution in [-0.2, 0) is 28.0 Å². The molecule has 3 heterocycles. The molecular formula is C28H35N5O4. The third kappa shape index (κ3) is 5.22. The molecule has 0 aliphatic carbocycles. The molecule has 2 aliphatic rings. The molecule has 0 saturated carbocycles. The highest BCUT2D eigenvalue weighted by atomic mass is 16.3. The fraction of sp³-hybridized carbons (Fsp3) is 0.429. The molecule has 2 N–H and O–H groups in total. The summed E-state index contributed by atoms with van der Waals surface area (Å²) >= 11 is 0. The van der Waals surface area contributed by atoms with Crippen LogP contribution in [0.15, 0.2) is 60.3 Å². The number of nitrogens with one attached hydrogen (secondary N) is 1. The predicted octanol–water partition coefficient (Wildman–Crippen LogP) is 2.03. The maximum absolute atomic E-state index is 13.7. The Hall–Kier alpha value is -3.72. The molecule has 3 amide bonds. The van der Waals surface area contributed by atoms with Gasteiger partial charge in [-0.05, 0) is 35.6 Å². The molecule has 9 nitrogen and oxygen atoms in total. The molecule has 2 aliphatic heterocycles. The van der Waals surface area contributed by atoms with Crippen molar-refractivity contribution in [1.82, 2.24) is 24.9 Å². The van der Waals surface area contributed by atoms with Gasteiger partial charge in [-0.2, -0.15) is 5.10 Å². The Morgan fingerprint density at radius 3 is 2.51 bits per heavy atom. The van der Waals surface area contributed by atoms with E-state index in [0.29, 0.717) is 18.7 Å². The van der Waals surface area contributed by atoms with E-state index in [4.69, 9.17) is 0 Å². The number of hydrogen-bond acceptors (Lipinski definition) is 5. The van der Waals surface area contributed by atoms with Gasteiger partial charge in [0.1, 0.15) is 12.1 Å². The fourth-order valence-electron chi connectivity index (χ4n) is 5.18. The molecule has 3 atom stereocenters. The lowest BCUT2D eigenvalue weighted by Crippen LogP contribution is -2.56. The monoisotopic (exact) mass is 505 g/mol. The van der Waals surface area contributed by atoms with Crippen LogP contribution in [0, 0.1) is 5.92 Å². The number of aliphatic hydroxyl groups excluding tert-OH is 1. The number of amides is 3. The Morgan fingerprint density at radius 2 is 1.95 bits per heavy atom. The second-order valence-corrected chi connectivity index (χ2v) is 10.1. The van der Waals surface area contributed by atoms with Crippen molar-refractivity contribution >= 4 is 17.7 Å². The lowest BCUT2D eigenvalue weighted by molar-refractivity contribution is -0.148. The number of aryl methyl sites for hydroxylation is 1. The number of aliphatic hydroxyl groups is 1. The molecule has 2 aromatic rings. The predicted molar refractivity (Wildman–Crippen MR) is 140 cm³/mol. The summed E-state index contributed by atoms with van der Waals surface area (Å²) < 4.78 is 1.80. The highest BCUT2D eigenvalue weighted by Crippen LogP contribution is 2.28. The van der Waals surface area contributed by atoms with Crippen LogP contribution in [0.3, 0.4) is 0 Å². The number of β-amino-alcohol motifs (C(OH)–C–C–N with tert-alkyl or cyclic N) is 1. The van der Waals surface area contributed by atoms with Crippen LogP contribution in [-0.4, -0.2) is 73.7 Å². The normalized spacial score (nSPS) is 20.6. The average Bonchev–Trinajstić information content (AvgIpc) is 3.56. The van der Waals surface area contributed by atoms with Gasteiger partial charge in [0.05, 0.1) is 11.8 Å². The van der Waals surface area contributed by atoms with Gasteiger partial charge < -0.3 is 20.2 Å². The van der Waals surface area contributed by atoms with Crippen LogP contribution in [0.1, 0.15) is 32.8 Å². The number of aromatic nitrogens is 2. The van der Waals surface area contributed by atoms with Gasteiger partial charge in [0.15, 0.2) is 0 Å². The van der Waals surface area contributed by atoms with Gasteiger partial charge in [0, 0.05) is 44.9 Å². The van der Waals surface area contributed by atoms with Crippen LogP contribution < -0.4 is 5.32 Å². The molecule has 1 fully saturated rings. The van der Waals surface area contributed by atoms with Crippen molar-refractivity contribution in [1.29, 1.82) is 0 Å². The molecule has 0 bridgehead atoms. The maximum Gasteiger partial charge on any atom is 0.250 e. The lowest BCUT2D eigenvalue weighted by Gasteiger charge is -2.35. The third-order valence-electron chi connectivity index (χ3n) is 7.27. The average molecular weight is 506 g/mol. The zero-order valence-corrected chi connectivity index (χ0v) is 21.8. The summed E-state index contributed by atoms with van der Waals surface area (Å²) in [7, 11) is 1.88. The summed E-state index contributed by atoms with van der Waals surface area (Å²) in [5.41, 5.74) is 4.31. The molecule has 0 spiro atoms. The lowest BCUT2D eigenvalue weighted by atomic mass is 10.00. The summed E-state index contributed by atoms with van der Waals surface area (Å²) in [5, 5.41) is 17.5. The first-order valence-electron chi connectivity index (χ1n) is 12.6. The van der Waals surface area contributed by atoms with E-state index < -0.39 is 18.2 Å². The Kier molecular flexibility index (Phi) is 7.63. The molecular weight excluding hydrogens is 470 g/mol. The van der Waals surface area contributed by atoms with E-state index in [-0.39, 0.29) is 36.6 Å². The van der Waals surface area contributed by atoms with Crippen molar-refractivity contribution in [2.24, 2.45) is 13.0 Å². The van der Waals surface area contributed by atoms with Gasteiger partial charge >= 0.3 is 0 Å². The van der Waals surface area contributed by atoms with E-state index in [0.717, 1.165) is 22.4 Å². The van der Waals surface area contributed by atoms with Crippen LogP contribution >= 0.6 is 0 Å². The van der Waals surface area contributed by atoms with Crippen molar-refractivity contribution in [3.8, 4) is 11.3 Å². The first-order valence-corrected chi connectivity index (χ1v) is 12.6. The number of hydrogen-bond donors (Lipinski definition) is 2. The zero-order valence-electron chi connectivity index (χ0n) is 21.8. The van der Waals surface area contributed by atoms with Crippen molar-refractivity contribution < 1.29 is 19.5 Å². The summed E-state index contributed by atoms with van der Waals surface area (Å²) in [4.78, 5) is 42.8. The maximum atomic E-state index is 13.7. The van der Waals surface area contributed by atoms with E-state index in [1.54, 1.807) is 28.8 Å². The molecule has 0 radical (unpaired) electrons. The largest absolute Gasteiger partial charge is 0.391 e. The number of carbonyl (C=O) groups is 3. The second-order valence-electron chi connectivity index (χ2n) is 10.1. The molecule has 1 saturated heterocycles. The molecule has 4 rings (SSSR count). The molecule has 1 aromatic carbocycles. The Balaban J connectivity index is 1.44. The number of benzene rings is 1. The van der Waals surface area contributed by atoms with Gasteiger partial charge in [-0.3, -0.25) is 19.1 Å². The van der Waals surface area contributed by atoms with Crippen molar-refractivity contribution in [2.75, 3.05) is 13.1 Å². The summed E-state index contributed by atoms with van der Waals surface area (Å²) in [5.74, 6) is -1.01. The second kappa shape index (κ2) is 10.7. The van der Waals surface area contributed by atoms with Crippen LogP contribution in [0.2, 0.25) is 0 Å². The molecule has 37 heavy (non-hydrogen) atoms. The number of likely N-dealkylation sites (tertiary alicyclic amines) is 1.